The number of benzene rings is 1. The number of halogens is 1. The number of fused-ring (bicyclic) bond motifs is 2. The van der Waals surface area contributed by atoms with E-state index in [9.17, 15) is 24.0 Å². The Kier molecular flexibility index (Phi) is 3.08. The van der Waals surface area contributed by atoms with Gasteiger partial charge in [0.15, 0.2) is 5.78 Å². The van der Waals surface area contributed by atoms with E-state index in [0.29, 0.717) is 0 Å². The molecule has 0 aromatic heterocycles. The van der Waals surface area contributed by atoms with Gasteiger partial charge in [-0.15, -0.1) is 0 Å². The lowest BCUT2D eigenvalue weighted by atomic mass is 9.63. The maximum atomic E-state index is 13.8. The van der Waals surface area contributed by atoms with Crippen molar-refractivity contribution in [2.75, 3.05) is 5.32 Å². The van der Waals surface area contributed by atoms with E-state index >= 15 is 0 Å². The molecule has 2 amide bonds. The Labute approximate surface area is 131 Å². The second-order valence-corrected chi connectivity index (χ2v) is 5.56. The van der Waals surface area contributed by atoms with Gasteiger partial charge in [0.2, 0.25) is 11.8 Å². The Morgan fingerprint density at radius 1 is 1.35 bits per heavy atom. The van der Waals surface area contributed by atoms with E-state index in [1.54, 1.807) is 6.07 Å². The van der Waals surface area contributed by atoms with Gasteiger partial charge >= 0.3 is 0 Å². The van der Waals surface area contributed by atoms with E-state index < -0.39 is 34.7 Å². The lowest BCUT2D eigenvalue weighted by Crippen LogP contribution is -2.55. The molecule has 2 N–H and O–H groups in total. The Balaban J connectivity index is 2.46. The minimum atomic E-state index is -1.83. The number of rotatable bonds is 1. The molecule has 2 aliphatic rings. The van der Waals surface area contributed by atoms with Gasteiger partial charge in [0.25, 0.3) is 0 Å². The van der Waals surface area contributed by atoms with Crippen LogP contribution in [0.3, 0.4) is 0 Å². The topological polar surface area (TPSA) is 99.1 Å². The zero-order valence-electron chi connectivity index (χ0n) is 12.4. The normalized spacial score (nSPS) is 25.7. The van der Waals surface area contributed by atoms with Crippen LogP contribution in [-0.2, 0) is 19.8 Å². The van der Waals surface area contributed by atoms with Crippen molar-refractivity contribution in [3.05, 3.63) is 40.8 Å². The van der Waals surface area contributed by atoms with Crippen LogP contribution < -0.4 is 10.6 Å². The third-order valence-corrected chi connectivity index (χ3v) is 4.27. The predicted octanol–water partition coefficient (Wildman–Crippen LogP) is 1.15. The van der Waals surface area contributed by atoms with Crippen molar-refractivity contribution >= 4 is 23.3 Å². The summed E-state index contributed by atoms with van der Waals surface area (Å²) in [4.78, 5) is 37.2. The van der Waals surface area contributed by atoms with Crippen LogP contribution in [0.25, 0.3) is 0 Å². The maximum Gasteiger partial charge on any atom is 0.243 e. The van der Waals surface area contributed by atoms with E-state index in [4.69, 9.17) is 0 Å². The first-order valence-electron chi connectivity index (χ1n) is 6.88. The van der Waals surface area contributed by atoms with Gasteiger partial charge < -0.3 is 10.6 Å². The summed E-state index contributed by atoms with van der Waals surface area (Å²) >= 11 is 0. The Morgan fingerprint density at radius 3 is 2.65 bits per heavy atom. The summed E-state index contributed by atoms with van der Waals surface area (Å²) in [5.74, 6) is -3.92. The number of nitrogens with one attached hydrogen (secondary N) is 2. The van der Waals surface area contributed by atoms with E-state index in [-0.39, 0.29) is 22.5 Å². The van der Waals surface area contributed by atoms with Crippen LogP contribution in [0, 0.1) is 23.1 Å². The fourth-order valence-electron chi connectivity index (χ4n) is 3.48. The molecule has 116 valence electrons. The summed E-state index contributed by atoms with van der Waals surface area (Å²) in [5.41, 5.74) is -1.21. The van der Waals surface area contributed by atoms with E-state index in [0.717, 1.165) is 12.1 Å². The third kappa shape index (κ3) is 1.75. The van der Waals surface area contributed by atoms with Crippen molar-refractivity contribution in [1.82, 2.24) is 5.32 Å². The number of carbonyl (C=O) groups is 3. The number of hydrogen-bond acceptors (Lipinski definition) is 4. The van der Waals surface area contributed by atoms with Crippen molar-refractivity contribution in [1.29, 1.82) is 5.26 Å². The van der Waals surface area contributed by atoms with Gasteiger partial charge in [0.1, 0.15) is 17.2 Å². The smallest absolute Gasteiger partial charge is 0.243 e. The van der Waals surface area contributed by atoms with Crippen molar-refractivity contribution in [3.8, 4) is 6.07 Å². The highest BCUT2D eigenvalue weighted by Crippen LogP contribution is 2.50. The van der Waals surface area contributed by atoms with Gasteiger partial charge in [0.05, 0.1) is 6.07 Å². The minimum absolute atomic E-state index is 0.00509. The molecule has 7 heteroatoms. The molecule has 2 heterocycles. The fourth-order valence-corrected chi connectivity index (χ4v) is 3.48. The van der Waals surface area contributed by atoms with Crippen molar-refractivity contribution < 1.29 is 18.8 Å². The zero-order valence-corrected chi connectivity index (χ0v) is 12.4. The highest BCUT2D eigenvalue weighted by atomic mass is 19.1. The number of nitrogens with zero attached hydrogens (tertiary/aromatic N) is 1. The molecule has 1 aromatic carbocycles. The molecule has 3 rings (SSSR count). The fraction of sp³-hybridized carbons (Fsp3) is 0.250. The molecular formula is C16H12FN3O3. The number of hydrogen-bond donors (Lipinski definition) is 2. The van der Waals surface area contributed by atoms with Gasteiger partial charge in [-0.25, -0.2) is 4.39 Å². The molecule has 0 radical (unpaired) electrons. The number of amides is 2. The van der Waals surface area contributed by atoms with Crippen LogP contribution in [0.15, 0.2) is 29.5 Å². The summed E-state index contributed by atoms with van der Waals surface area (Å²) in [6, 6.07) is 5.40. The monoisotopic (exact) mass is 313 g/mol. The van der Waals surface area contributed by atoms with Crippen molar-refractivity contribution in [2.45, 2.75) is 19.3 Å². The van der Waals surface area contributed by atoms with E-state index in [1.807, 2.05) is 0 Å². The molecule has 1 aromatic rings. The van der Waals surface area contributed by atoms with Crippen LogP contribution in [0.2, 0.25) is 0 Å². The first-order valence-corrected chi connectivity index (χ1v) is 6.88. The van der Waals surface area contributed by atoms with Gasteiger partial charge in [-0.2, -0.15) is 5.26 Å². The number of allylic oxidation sites excluding steroid dienone is 1. The molecule has 0 saturated carbocycles. The lowest BCUT2D eigenvalue weighted by molar-refractivity contribution is -0.132. The third-order valence-electron chi connectivity index (χ3n) is 4.27. The van der Waals surface area contributed by atoms with Crippen LogP contribution in [0.1, 0.15) is 19.4 Å². The predicted molar refractivity (Wildman–Crippen MR) is 77.3 cm³/mol. The Morgan fingerprint density at radius 2 is 2.04 bits per heavy atom. The number of Topliss-reactive ketones (excluding diaryl/α,β-unsaturated/α-hetero) is 1. The van der Waals surface area contributed by atoms with Crippen molar-refractivity contribution in [2.24, 2.45) is 5.92 Å². The maximum absolute atomic E-state index is 13.8. The second kappa shape index (κ2) is 4.74. The van der Waals surface area contributed by atoms with Crippen molar-refractivity contribution in [3.63, 3.8) is 0 Å². The number of anilines is 1. The van der Waals surface area contributed by atoms with Gasteiger partial charge in [-0.05, 0) is 32.0 Å². The van der Waals surface area contributed by atoms with Crippen LogP contribution in [0.4, 0.5) is 10.1 Å². The van der Waals surface area contributed by atoms with E-state index in [1.165, 1.54) is 19.9 Å². The zero-order chi connectivity index (χ0) is 16.9. The van der Waals surface area contributed by atoms with Crippen LogP contribution >= 0.6 is 0 Å². The van der Waals surface area contributed by atoms with Crippen LogP contribution in [-0.4, -0.2) is 17.6 Å². The molecule has 2 atom stereocenters. The minimum Gasteiger partial charge on any atom is -0.328 e. The quantitative estimate of drug-likeness (QED) is 0.812. The van der Waals surface area contributed by atoms with Gasteiger partial charge in [-0.3, -0.25) is 14.4 Å². The summed E-state index contributed by atoms with van der Waals surface area (Å²) < 4.78 is 13.8. The number of ketones is 1. The Hall–Kier alpha value is -3.01. The molecule has 0 fully saturated rings. The first-order chi connectivity index (χ1) is 10.8. The SMILES string of the molecule is CC(=O)C1=C(C)NC(=O)C(C#N)C12C(=O)Nc1ccc(F)cc12. The number of carbonyl (C=O) groups excluding carboxylic acids is 3. The molecule has 6 nitrogen and oxygen atoms in total. The Bertz CT molecular complexity index is 853. The van der Waals surface area contributed by atoms with Gasteiger partial charge in [-0.1, -0.05) is 0 Å². The molecule has 2 unspecified atom stereocenters. The molecular weight excluding hydrogens is 301 g/mol. The summed E-state index contributed by atoms with van der Waals surface area (Å²) in [7, 11) is 0. The molecule has 1 spiro atoms. The lowest BCUT2D eigenvalue weighted by Gasteiger charge is -2.37. The highest BCUT2D eigenvalue weighted by Gasteiger charge is 2.61. The standard InChI is InChI=1S/C16H12FN3O3/c1-7-13(8(2)21)16(11(6-18)14(22)19-7)10-5-9(17)3-4-12(10)20-15(16)23/h3-5,11H,1-2H3,(H,19,22)(H,20,23). The first kappa shape index (κ1) is 14.9. The molecule has 2 aliphatic heterocycles. The summed E-state index contributed by atoms with van der Waals surface area (Å²) in [5, 5.41) is 14.5. The van der Waals surface area contributed by atoms with E-state index in [2.05, 4.69) is 10.6 Å². The largest absolute Gasteiger partial charge is 0.328 e. The summed E-state index contributed by atoms with van der Waals surface area (Å²) in [6.45, 7) is 2.73. The summed E-state index contributed by atoms with van der Waals surface area (Å²) in [6.07, 6.45) is 0. The molecule has 0 bridgehead atoms. The van der Waals surface area contributed by atoms with Gasteiger partial charge in [0, 0.05) is 22.5 Å². The molecule has 0 aliphatic carbocycles. The molecule has 0 saturated heterocycles. The molecule has 23 heavy (non-hydrogen) atoms. The average molecular weight is 313 g/mol. The van der Waals surface area contributed by atoms with Crippen LogP contribution in [0.5, 0.6) is 0 Å². The second-order valence-electron chi connectivity index (χ2n) is 5.56. The average Bonchev–Trinajstić information content (AvgIpc) is 2.72. The highest BCUT2D eigenvalue weighted by molar-refractivity contribution is 6.19. The number of nitriles is 1.